The van der Waals surface area contributed by atoms with E-state index in [4.69, 9.17) is 67.8 Å². The van der Waals surface area contributed by atoms with E-state index in [2.05, 4.69) is 59.2 Å². The van der Waals surface area contributed by atoms with Crippen LogP contribution in [0.15, 0.2) is 331 Å². The summed E-state index contributed by atoms with van der Waals surface area (Å²) in [5.41, 5.74) is 5.39. The monoisotopic (exact) mass is 1390 g/mol. The van der Waals surface area contributed by atoms with Gasteiger partial charge in [0.05, 0.1) is 0 Å². The van der Waals surface area contributed by atoms with Gasteiger partial charge in [-0.2, -0.15) is 0 Å². The van der Waals surface area contributed by atoms with Gasteiger partial charge in [0, 0.05) is 27.8 Å². The van der Waals surface area contributed by atoms with Crippen molar-refractivity contribution in [2.24, 2.45) is 22.6 Å². The zero-order valence-electron chi connectivity index (χ0n) is 53.3. The molecule has 98 heavy (non-hydrogen) atoms. The summed E-state index contributed by atoms with van der Waals surface area (Å²) < 4.78 is 106. The summed E-state index contributed by atoms with van der Waals surface area (Å²) in [4.78, 5) is 0. The first kappa shape index (κ1) is 68.4. The summed E-state index contributed by atoms with van der Waals surface area (Å²) in [7, 11) is -25.6. The zero-order chi connectivity index (χ0) is 68.4. The molecule has 490 valence electrons. The van der Waals surface area contributed by atoms with Crippen LogP contribution in [-0.4, -0.2) is 0 Å². The van der Waals surface area contributed by atoms with Crippen LogP contribution in [0.1, 0.15) is 50.1 Å². The van der Waals surface area contributed by atoms with Crippen LogP contribution in [0, 0.1) is 0 Å². The molecule has 5 atom stereocenters. The Hall–Kier alpha value is -11.0. The van der Waals surface area contributed by atoms with Crippen LogP contribution in [0.25, 0.3) is 54.7 Å². The lowest BCUT2D eigenvalue weighted by atomic mass is 10.2. The van der Waals surface area contributed by atoms with Gasteiger partial charge in [-0.15, -0.1) is 0 Å². The largest absolute Gasteiger partial charge is 0.460 e. The highest BCUT2D eigenvalue weighted by atomic mass is 31.3. The molecular formula is C78H68N5O10P5. The molecule has 0 amide bonds. The van der Waals surface area contributed by atoms with Crippen LogP contribution in [0.3, 0.4) is 0 Å². The van der Waals surface area contributed by atoms with E-state index in [1.165, 1.54) is 0 Å². The molecule has 1 aliphatic heterocycles. The van der Waals surface area contributed by atoms with Crippen molar-refractivity contribution in [1.29, 1.82) is 0 Å². The summed E-state index contributed by atoms with van der Waals surface area (Å²) in [6.45, 7) is 37.4. The van der Waals surface area contributed by atoms with Crippen LogP contribution in [0.5, 0.6) is 57.5 Å². The van der Waals surface area contributed by atoms with Crippen molar-refractivity contribution in [2.45, 2.75) is 0 Å². The van der Waals surface area contributed by atoms with Gasteiger partial charge in [0.1, 0.15) is 57.5 Å². The quantitative estimate of drug-likeness (QED) is 0.0414. The number of nitrogens with zero attached hydrogens (tertiary/aromatic N) is 5. The summed E-state index contributed by atoms with van der Waals surface area (Å²) >= 11 is 0. The highest BCUT2D eigenvalue weighted by Crippen LogP contribution is 2.80. The molecule has 0 aliphatic carbocycles. The van der Waals surface area contributed by atoms with Crippen LogP contribution in [-0.2, 0) is 0 Å². The van der Waals surface area contributed by atoms with Gasteiger partial charge in [0.25, 0.3) is 0 Å². The highest BCUT2D eigenvalue weighted by Gasteiger charge is 2.51. The van der Waals surface area contributed by atoms with Crippen molar-refractivity contribution in [2.75, 3.05) is 0 Å². The first-order valence-corrected chi connectivity index (χ1v) is 38.1. The second-order valence-corrected chi connectivity index (χ2v) is 31.2. The minimum Gasteiger partial charge on any atom is -0.413 e. The second-order valence-electron chi connectivity index (χ2n) is 20.9. The van der Waals surface area contributed by atoms with E-state index in [-0.39, 0.29) is 57.5 Å². The first-order valence-electron chi connectivity index (χ1n) is 30.5. The van der Waals surface area contributed by atoms with Gasteiger partial charge in [0.2, 0.25) is 0 Å². The second kappa shape index (κ2) is 31.3. The Morgan fingerprint density at radius 1 is 0.184 bits per heavy atom. The normalized spacial score (nSPS) is 19.2. The van der Waals surface area contributed by atoms with E-state index in [0.717, 1.165) is 22.3 Å². The van der Waals surface area contributed by atoms with E-state index in [9.17, 15) is 0 Å². The third kappa shape index (κ3) is 16.6. The molecule has 1 heterocycles. The Balaban J connectivity index is 1.52. The molecule has 0 bridgehead atoms. The molecule has 0 N–H and O–H groups in total. The van der Waals surface area contributed by atoms with Gasteiger partial charge >= 0.3 is 38.3 Å². The van der Waals surface area contributed by atoms with E-state index >= 15 is 0 Å². The lowest BCUT2D eigenvalue weighted by Gasteiger charge is -2.33. The molecule has 1 aliphatic rings. The van der Waals surface area contributed by atoms with E-state index in [0.29, 0.717) is 27.8 Å². The van der Waals surface area contributed by atoms with Crippen molar-refractivity contribution >= 4 is 93.0 Å². The van der Waals surface area contributed by atoms with Crippen molar-refractivity contribution in [3.8, 4) is 57.5 Å². The van der Waals surface area contributed by atoms with Crippen molar-refractivity contribution in [1.82, 2.24) is 0 Å². The van der Waals surface area contributed by atoms with Gasteiger partial charge in [-0.1, -0.05) is 294 Å². The molecule has 11 rings (SSSR count). The number of benzene rings is 10. The Morgan fingerprint density at radius 2 is 0.357 bits per heavy atom. The fourth-order valence-electron chi connectivity index (χ4n) is 9.39. The van der Waals surface area contributed by atoms with Crippen molar-refractivity contribution < 1.29 is 45.2 Å². The molecule has 10 aromatic rings. The van der Waals surface area contributed by atoms with Crippen LogP contribution in [0.4, 0.5) is 0 Å². The predicted octanol–water partition coefficient (Wildman–Crippen LogP) is 26.3. The maximum atomic E-state index is 7.72. The molecule has 0 fully saturated rings. The maximum absolute atomic E-state index is 7.72. The summed E-state index contributed by atoms with van der Waals surface area (Å²) in [6.07, 6.45) is 14.9. The summed E-state index contributed by atoms with van der Waals surface area (Å²) in [5, 5.41) is 0. The Morgan fingerprint density at radius 3 is 0.541 bits per heavy atom. The van der Waals surface area contributed by atoms with Crippen LogP contribution in [0.2, 0.25) is 0 Å². The van der Waals surface area contributed by atoms with E-state index in [1.807, 2.05) is 91.0 Å². The van der Waals surface area contributed by atoms with Crippen molar-refractivity contribution in [3.05, 3.63) is 358 Å². The average molecular weight is 1390 g/mol. The zero-order valence-corrected chi connectivity index (χ0v) is 57.8. The SMILES string of the molecule is C=Cc1ccc(OP2(Oc3ccccc3C=C)=NP(Oc3ccccc3)(Oc3ccccc3C=C)=NP(Oc3ccc(C=C)cc3)(Oc3ccccc3C=C)=NP(Oc3ccc(C=C)cc3)(Oc3ccccc3C=C)=NP(Oc3ccc(C=C)cc3)(Oc3ccccc3C=C)=N2)cc1. The molecule has 15 nitrogen and oxygen atoms in total. The highest BCUT2D eigenvalue weighted by molar-refractivity contribution is 7.79. The number of rotatable bonds is 29. The average Bonchev–Trinajstić information content (AvgIpc) is 0.729. The Kier molecular flexibility index (Phi) is 21.8. The minimum absolute atomic E-state index is 0.154. The predicted molar refractivity (Wildman–Crippen MR) is 408 cm³/mol. The summed E-state index contributed by atoms with van der Waals surface area (Å²) in [5.74, 6) is 1.58. The first-order chi connectivity index (χ1) is 47.8. The third-order valence-electron chi connectivity index (χ3n) is 14.2. The fourth-order valence-corrected chi connectivity index (χ4v) is 24.6. The number of hydrogen-bond acceptors (Lipinski definition) is 15. The van der Waals surface area contributed by atoms with E-state index < -0.39 is 38.3 Å². The van der Waals surface area contributed by atoms with Gasteiger partial charge in [-0.25, -0.2) is 0 Å². The Labute approximate surface area is 573 Å². The number of hydrogen-bond donors (Lipinski definition) is 0. The fraction of sp³-hybridized carbons (Fsp3) is 0. The standard InChI is InChI=1S/C78H68N5O10P5/c1-10-60-44-52-70(53-45-60)85-95(90-75-40-28-23-33-65(75)15-6)79-94(84-69-37-20-19-21-38-69,89-74-39-27-22-32-64(74)14-5)80-96(86-71-54-46-61(11-2)47-55-71,91-76-41-29-24-34-66(76)16-7)82-98(88-73-58-50-63(13-4)51-59-73,93-78-43-31-26-36-68(78)18-9)83-97(81-95,87-72-56-48-62(12-3)49-57-72)92-77-42-30-25-35-67(77)17-8/h10-59H,1-9H2. The minimum atomic E-state index is -5.14. The van der Waals surface area contributed by atoms with Crippen LogP contribution >= 0.6 is 38.3 Å². The topological polar surface area (TPSA) is 154 Å². The number of para-hydroxylation sites is 6. The molecule has 0 spiro atoms. The van der Waals surface area contributed by atoms with Gasteiger partial charge < -0.3 is 45.2 Å². The lowest BCUT2D eigenvalue weighted by Crippen LogP contribution is -2.12. The van der Waals surface area contributed by atoms with Gasteiger partial charge in [0.15, 0.2) is 0 Å². The molecule has 0 aromatic heterocycles. The molecular weight excluding hydrogens is 1320 g/mol. The molecule has 0 saturated heterocycles. The van der Waals surface area contributed by atoms with Crippen molar-refractivity contribution in [3.63, 3.8) is 0 Å². The molecule has 0 radical (unpaired) electrons. The smallest absolute Gasteiger partial charge is 0.413 e. The van der Waals surface area contributed by atoms with Crippen LogP contribution < -0.4 is 45.2 Å². The Bertz CT molecular complexity index is 4750. The summed E-state index contributed by atoms with van der Waals surface area (Å²) in [6, 6.07) is 72.7. The van der Waals surface area contributed by atoms with E-state index in [1.54, 1.807) is 212 Å². The van der Waals surface area contributed by atoms with Gasteiger partial charge in [-0.05, 0) is 113 Å². The molecule has 10 aromatic carbocycles. The third-order valence-corrected chi connectivity index (χ3v) is 27.7. The molecule has 0 saturated carbocycles. The van der Waals surface area contributed by atoms with Gasteiger partial charge in [-0.3, -0.25) is 0 Å². The lowest BCUT2D eigenvalue weighted by molar-refractivity contribution is 0.444. The molecule has 5 unspecified atom stereocenters. The molecule has 20 heteroatoms. The maximum Gasteiger partial charge on any atom is 0.460 e.